The van der Waals surface area contributed by atoms with Gasteiger partial charge < -0.3 is 19.3 Å². The molecule has 0 aliphatic heterocycles. The molecule has 0 aliphatic carbocycles. The van der Waals surface area contributed by atoms with E-state index in [1.165, 1.54) is 4.57 Å². The van der Waals surface area contributed by atoms with E-state index in [1.807, 2.05) is 6.07 Å². The molecule has 0 radical (unpaired) electrons. The molecule has 0 unspecified atom stereocenters. The summed E-state index contributed by atoms with van der Waals surface area (Å²) in [4.78, 5) is 55.4. The van der Waals surface area contributed by atoms with Gasteiger partial charge in [-0.3, -0.25) is 9.36 Å². The topological polar surface area (TPSA) is 134 Å². The molecule has 1 heterocycles. The average molecular weight is 597 g/mol. The van der Waals surface area contributed by atoms with Crippen molar-refractivity contribution in [3.63, 3.8) is 0 Å². The molecule has 0 atom stereocenters. The van der Waals surface area contributed by atoms with Crippen LogP contribution in [0.3, 0.4) is 0 Å². The SMILES string of the molecule is CCOC(=O)c1c(-c2ccc(OC)cc2)nc(=O)n(Cc2ccc(/C(O)=C/C(=O)C(=O)OC(C)C)cc2)c1-c1ccccc1. The lowest BCUT2D eigenvalue weighted by Gasteiger charge is -2.19. The minimum Gasteiger partial charge on any atom is -0.507 e. The van der Waals surface area contributed by atoms with E-state index in [0.717, 1.165) is 6.08 Å². The number of hydrogen-bond donors (Lipinski definition) is 1. The van der Waals surface area contributed by atoms with Crippen molar-refractivity contribution in [3.8, 4) is 28.3 Å². The van der Waals surface area contributed by atoms with Crippen molar-refractivity contribution < 1.29 is 33.7 Å². The van der Waals surface area contributed by atoms with Crippen LogP contribution in [0.15, 0.2) is 89.7 Å². The van der Waals surface area contributed by atoms with Gasteiger partial charge in [0, 0.05) is 17.2 Å². The number of aliphatic hydroxyl groups is 1. The Morgan fingerprint density at radius 2 is 1.59 bits per heavy atom. The van der Waals surface area contributed by atoms with Gasteiger partial charge in [-0.15, -0.1) is 0 Å². The Kier molecular flexibility index (Phi) is 10.1. The van der Waals surface area contributed by atoms with Gasteiger partial charge in [0.25, 0.3) is 5.78 Å². The average Bonchev–Trinajstić information content (AvgIpc) is 3.02. The van der Waals surface area contributed by atoms with Crippen LogP contribution in [-0.4, -0.2) is 52.2 Å². The summed E-state index contributed by atoms with van der Waals surface area (Å²) in [6, 6.07) is 22.3. The van der Waals surface area contributed by atoms with Crippen molar-refractivity contribution in [2.75, 3.05) is 13.7 Å². The first-order chi connectivity index (χ1) is 21.1. The van der Waals surface area contributed by atoms with E-state index in [1.54, 1.807) is 101 Å². The van der Waals surface area contributed by atoms with E-state index in [0.29, 0.717) is 28.1 Å². The van der Waals surface area contributed by atoms with Crippen LogP contribution in [0.2, 0.25) is 0 Å². The molecule has 1 N–H and O–H groups in total. The van der Waals surface area contributed by atoms with Crippen LogP contribution in [-0.2, 0) is 25.6 Å². The van der Waals surface area contributed by atoms with Gasteiger partial charge in [0.1, 0.15) is 17.1 Å². The van der Waals surface area contributed by atoms with E-state index in [2.05, 4.69) is 4.98 Å². The fourth-order valence-electron chi connectivity index (χ4n) is 4.45. The molecule has 0 bridgehead atoms. The summed E-state index contributed by atoms with van der Waals surface area (Å²) >= 11 is 0. The molecule has 44 heavy (non-hydrogen) atoms. The molecule has 3 aromatic carbocycles. The number of ether oxygens (including phenoxy) is 3. The molecule has 0 fully saturated rings. The van der Waals surface area contributed by atoms with Crippen LogP contribution in [0.4, 0.5) is 0 Å². The highest BCUT2D eigenvalue weighted by Crippen LogP contribution is 2.32. The minimum absolute atomic E-state index is 0.0236. The van der Waals surface area contributed by atoms with E-state index in [-0.39, 0.29) is 30.0 Å². The maximum Gasteiger partial charge on any atom is 0.379 e. The second-order valence-electron chi connectivity index (χ2n) is 9.91. The number of carbonyl (C=O) groups excluding carboxylic acids is 3. The molecule has 4 aromatic rings. The van der Waals surface area contributed by atoms with E-state index >= 15 is 0 Å². The predicted octanol–water partition coefficient (Wildman–Crippen LogP) is 5.23. The van der Waals surface area contributed by atoms with Gasteiger partial charge in [-0.1, -0.05) is 54.6 Å². The third kappa shape index (κ3) is 7.27. The van der Waals surface area contributed by atoms with Gasteiger partial charge in [0.05, 0.1) is 37.8 Å². The maximum absolute atomic E-state index is 13.6. The molecule has 4 rings (SSSR count). The summed E-state index contributed by atoms with van der Waals surface area (Å²) in [5.74, 6) is -2.51. The number of esters is 2. The fraction of sp³-hybridized carbons (Fsp3) is 0.206. The van der Waals surface area contributed by atoms with Gasteiger partial charge in [0.15, 0.2) is 0 Å². The van der Waals surface area contributed by atoms with Gasteiger partial charge in [-0.2, -0.15) is 4.98 Å². The van der Waals surface area contributed by atoms with E-state index < -0.39 is 35.3 Å². The number of hydrogen-bond acceptors (Lipinski definition) is 9. The lowest BCUT2D eigenvalue weighted by Crippen LogP contribution is -2.29. The Balaban J connectivity index is 1.80. The van der Waals surface area contributed by atoms with Crippen molar-refractivity contribution in [1.82, 2.24) is 9.55 Å². The Labute approximate surface area is 254 Å². The first-order valence-corrected chi connectivity index (χ1v) is 13.9. The van der Waals surface area contributed by atoms with Crippen LogP contribution in [0, 0.1) is 0 Å². The van der Waals surface area contributed by atoms with Crippen molar-refractivity contribution in [1.29, 1.82) is 0 Å². The maximum atomic E-state index is 13.6. The van der Waals surface area contributed by atoms with Crippen LogP contribution in [0.25, 0.3) is 28.3 Å². The zero-order chi connectivity index (χ0) is 31.8. The Morgan fingerprint density at radius 3 is 2.18 bits per heavy atom. The van der Waals surface area contributed by atoms with Crippen LogP contribution in [0.1, 0.15) is 42.3 Å². The lowest BCUT2D eigenvalue weighted by molar-refractivity contribution is -0.154. The fourth-order valence-corrected chi connectivity index (χ4v) is 4.45. The first kappa shape index (κ1) is 31.4. The summed E-state index contributed by atoms with van der Waals surface area (Å²) in [6.45, 7) is 5.06. The van der Waals surface area contributed by atoms with E-state index in [9.17, 15) is 24.3 Å². The zero-order valence-corrected chi connectivity index (χ0v) is 24.8. The number of benzene rings is 3. The smallest absolute Gasteiger partial charge is 0.379 e. The molecule has 0 saturated carbocycles. The van der Waals surface area contributed by atoms with Crippen molar-refractivity contribution in [2.45, 2.75) is 33.4 Å². The normalized spacial score (nSPS) is 11.2. The molecule has 0 aliphatic rings. The highest BCUT2D eigenvalue weighted by Gasteiger charge is 2.26. The third-order valence-electron chi connectivity index (χ3n) is 6.47. The molecular formula is C34H32N2O8. The molecular weight excluding hydrogens is 564 g/mol. The van der Waals surface area contributed by atoms with E-state index in [4.69, 9.17) is 14.2 Å². The van der Waals surface area contributed by atoms with Crippen molar-refractivity contribution in [2.24, 2.45) is 0 Å². The van der Waals surface area contributed by atoms with Crippen molar-refractivity contribution in [3.05, 3.63) is 112 Å². The largest absolute Gasteiger partial charge is 0.507 e. The highest BCUT2D eigenvalue weighted by molar-refractivity contribution is 6.39. The monoisotopic (exact) mass is 596 g/mol. The molecule has 10 heteroatoms. The van der Waals surface area contributed by atoms with Crippen LogP contribution >= 0.6 is 0 Å². The molecule has 10 nitrogen and oxygen atoms in total. The number of carbonyl (C=O) groups is 3. The second kappa shape index (κ2) is 14.1. The van der Waals surface area contributed by atoms with Crippen LogP contribution in [0.5, 0.6) is 5.75 Å². The van der Waals surface area contributed by atoms with Gasteiger partial charge >= 0.3 is 17.6 Å². The molecule has 226 valence electrons. The second-order valence-corrected chi connectivity index (χ2v) is 9.91. The number of ketones is 1. The summed E-state index contributed by atoms with van der Waals surface area (Å²) < 4.78 is 17.0. The Morgan fingerprint density at radius 1 is 0.932 bits per heavy atom. The summed E-state index contributed by atoms with van der Waals surface area (Å²) in [5, 5.41) is 10.4. The number of rotatable bonds is 11. The third-order valence-corrected chi connectivity index (χ3v) is 6.47. The minimum atomic E-state index is -1.07. The van der Waals surface area contributed by atoms with Crippen molar-refractivity contribution >= 4 is 23.5 Å². The Bertz CT molecular complexity index is 1740. The predicted molar refractivity (Wildman–Crippen MR) is 164 cm³/mol. The molecule has 1 aromatic heterocycles. The van der Waals surface area contributed by atoms with Gasteiger partial charge in [0.2, 0.25) is 0 Å². The standard InChI is InChI=1S/C34H32N2O8/c1-5-43-33(40)29-30(24-15-17-26(42-4)18-16-24)35-34(41)36(31(29)25-9-7-6-8-10-25)20-22-11-13-23(14-12-22)27(37)19-28(38)32(39)44-21(2)3/h6-19,21,37H,5,20H2,1-4H3/b27-19-. The molecule has 0 spiro atoms. The lowest BCUT2D eigenvalue weighted by atomic mass is 9.99. The quantitative estimate of drug-likeness (QED) is 0.107. The highest BCUT2D eigenvalue weighted by atomic mass is 16.5. The molecule has 0 amide bonds. The summed E-state index contributed by atoms with van der Waals surface area (Å²) in [6.07, 6.45) is 0.320. The number of methoxy groups -OCH3 is 1. The van der Waals surface area contributed by atoms with Gasteiger partial charge in [-0.05, 0) is 56.2 Å². The van der Waals surface area contributed by atoms with Gasteiger partial charge in [-0.25, -0.2) is 14.4 Å². The number of aliphatic hydroxyl groups excluding tert-OH is 1. The molecule has 0 saturated heterocycles. The summed E-state index contributed by atoms with van der Waals surface area (Å²) in [7, 11) is 1.54. The number of aromatic nitrogens is 2. The number of nitrogens with zero attached hydrogens (tertiary/aromatic N) is 2. The Hall–Kier alpha value is -5.51. The van der Waals surface area contributed by atoms with Crippen LogP contribution < -0.4 is 10.4 Å². The zero-order valence-electron chi connectivity index (χ0n) is 24.8. The summed E-state index contributed by atoms with van der Waals surface area (Å²) in [5.41, 5.74) is 2.10. The first-order valence-electron chi connectivity index (χ1n) is 13.9.